The van der Waals surface area contributed by atoms with Crippen molar-refractivity contribution in [1.82, 2.24) is 0 Å². The maximum Gasteiger partial charge on any atom is 0.00909 e. The zero-order chi connectivity index (χ0) is 8.81. The Bertz CT molecular complexity index is 96.4. The quantitative estimate of drug-likeness (QED) is 0.685. The van der Waals surface area contributed by atoms with Crippen LogP contribution in [0.5, 0.6) is 0 Å². The van der Waals surface area contributed by atoms with Gasteiger partial charge in [0.05, 0.1) is 0 Å². The molecule has 0 N–H and O–H groups in total. The highest BCUT2D eigenvalue weighted by Gasteiger charge is 2.24. The van der Waals surface area contributed by atoms with E-state index in [-0.39, 0.29) is 0 Å². The van der Waals surface area contributed by atoms with Gasteiger partial charge in [0.25, 0.3) is 0 Å². The predicted octanol–water partition coefficient (Wildman–Crippen LogP) is 3.66. The highest BCUT2D eigenvalue weighted by molar-refractivity contribution is 8.01. The summed E-state index contributed by atoms with van der Waals surface area (Å²) in [5, 5.41) is 0.983. The number of rotatable bonds is 4. The summed E-state index contributed by atoms with van der Waals surface area (Å²) in [5.41, 5.74) is 0. The average Bonchev–Trinajstić information content (AvgIpc) is 2.09. The Morgan fingerprint density at radius 3 is 2.92 bits per heavy atom. The van der Waals surface area contributed by atoms with Crippen LogP contribution in [0.2, 0.25) is 0 Å². The van der Waals surface area contributed by atoms with Gasteiger partial charge in [-0.3, -0.25) is 0 Å². The molecule has 2 heteroatoms. The van der Waals surface area contributed by atoms with Crippen LogP contribution in [0.15, 0.2) is 0 Å². The van der Waals surface area contributed by atoms with Crippen LogP contribution in [-0.2, 0) is 0 Å². The van der Waals surface area contributed by atoms with Gasteiger partial charge in [-0.1, -0.05) is 20.3 Å². The molecule has 0 saturated carbocycles. The third-order valence-corrected chi connectivity index (χ3v) is 5.01. The third-order valence-electron chi connectivity index (χ3n) is 2.44. The fraction of sp³-hybridized carbons (Fsp3) is 1.00. The van der Waals surface area contributed by atoms with Crippen molar-refractivity contribution in [3.8, 4) is 0 Å². The molecule has 0 aromatic rings. The summed E-state index contributed by atoms with van der Waals surface area (Å²) in [6.45, 7) is 4.60. The average molecular weight is 204 g/mol. The number of hydrogen-bond acceptors (Lipinski definition) is 2. The van der Waals surface area contributed by atoms with Gasteiger partial charge in [0.2, 0.25) is 0 Å². The van der Waals surface area contributed by atoms with E-state index in [2.05, 4.69) is 37.4 Å². The SMILES string of the molecule is CCCC1CSCCC1SCC. The lowest BCUT2D eigenvalue weighted by Gasteiger charge is -2.30. The van der Waals surface area contributed by atoms with E-state index < -0.39 is 0 Å². The molecule has 1 fully saturated rings. The monoisotopic (exact) mass is 204 g/mol. The van der Waals surface area contributed by atoms with Crippen molar-refractivity contribution < 1.29 is 0 Å². The Balaban J connectivity index is 2.31. The highest BCUT2D eigenvalue weighted by Crippen LogP contribution is 2.34. The van der Waals surface area contributed by atoms with Crippen LogP contribution in [0.1, 0.15) is 33.1 Å². The molecule has 2 unspecified atom stereocenters. The summed E-state index contributed by atoms with van der Waals surface area (Å²) in [6, 6.07) is 0. The minimum Gasteiger partial charge on any atom is -0.162 e. The largest absolute Gasteiger partial charge is 0.162 e. The molecule has 0 bridgehead atoms. The van der Waals surface area contributed by atoms with E-state index in [1.54, 1.807) is 0 Å². The van der Waals surface area contributed by atoms with Crippen LogP contribution in [0.3, 0.4) is 0 Å². The maximum atomic E-state index is 2.31. The molecule has 2 atom stereocenters. The Morgan fingerprint density at radius 1 is 1.42 bits per heavy atom. The van der Waals surface area contributed by atoms with Gasteiger partial charge in [0.1, 0.15) is 0 Å². The fourth-order valence-corrected chi connectivity index (χ4v) is 4.63. The van der Waals surface area contributed by atoms with Crippen LogP contribution in [0, 0.1) is 5.92 Å². The second-order valence-electron chi connectivity index (χ2n) is 3.41. The molecule has 1 aliphatic heterocycles. The molecule has 1 heterocycles. The fourth-order valence-electron chi connectivity index (χ4n) is 1.85. The molecular formula is C10H20S2. The first-order valence-corrected chi connectivity index (χ1v) is 7.28. The molecule has 12 heavy (non-hydrogen) atoms. The zero-order valence-electron chi connectivity index (χ0n) is 8.21. The summed E-state index contributed by atoms with van der Waals surface area (Å²) >= 11 is 4.35. The predicted molar refractivity (Wildman–Crippen MR) is 62.3 cm³/mol. The summed E-state index contributed by atoms with van der Waals surface area (Å²) in [6.07, 6.45) is 4.27. The van der Waals surface area contributed by atoms with Gasteiger partial charge in [-0.05, 0) is 36.0 Å². The molecule has 72 valence electrons. The van der Waals surface area contributed by atoms with Crippen molar-refractivity contribution in [2.75, 3.05) is 17.3 Å². The van der Waals surface area contributed by atoms with Crippen molar-refractivity contribution in [1.29, 1.82) is 0 Å². The second kappa shape index (κ2) is 6.20. The first-order valence-electron chi connectivity index (χ1n) is 5.07. The van der Waals surface area contributed by atoms with Crippen LogP contribution in [0.25, 0.3) is 0 Å². The summed E-state index contributed by atoms with van der Waals surface area (Å²) in [5.74, 6) is 5.14. The number of thioether (sulfide) groups is 2. The highest BCUT2D eigenvalue weighted by atomic mass is 32.2. The minimum atomic E-state index is 0.983. The van der Waals surface area contributed by atoms with E-state index in [1.807, 2.05) is 0 Å². The van der Waals surface area contributed by atoms with E-state index >= 15 is 0 Å². The molecule has 0 nitrogen and oxygen atoms in total. The van der Waals surface area contributed by atoms with Gasteiger partial charge in [0.15, 0.2) is 0 Å². The molecule has 0 aliphatic carbocycles. The third kappa shape index (κ3) is 3.21. The molecule has 0 amide bonds. The second-order valence-corrected chi connectivity index (χ2v) is 6.07. The Kier molecular flexibility index (Phi) is 5.57. The van der Waals surface area contributed by atoms with E-state index in [9.17, 15) is 0 Å². The zero-order valence-corrected chi connectivity index (χ0v) is 9.85. The Hall–Kier alpha value is 0.700. The van der Waals surface area contributed by atoms with Crippen molar-refractivity contribution in [3.05, 3.63) is 0 Å². The Labute approximate surface area is 85.3 Å². The summed E-state index contributed by atoms with van der Waals surface area (Å²) in [4.78, 5) is 0. The van der Waals surface area contributed by atoms with E-state index in [0.29, 0.717) is 0 Å². The van der Waals surface area contributed by atoms with Gasteiger partial charge < -0.3 is 0 Å². The van der Waals surface area contributed by atoms with Crippen molar-refractivity contribution >= 4 is 23.5 Å². The number of hydrogen-bond donors (Lipinski definition) is 0. The Morgan fingerprint density at radius 2 is 2.25 bits per heavy atom. The van der Waals surface area contributed by atoms with Gasteiger partial charge in [-0.2, -0.15) is 23.5 Å². The van der Waals surface area contributed by atoms with Crippen LogP contribution in [-0.4, -0.2) is 22.5 Å². The topological polar surface area (TPSA) is 0 Å². The minimum absolute atomic E-state index is 0.983. The molecule has 0 radical (unpaired) electrons. The van der Waals surface area contributed by atoms with E-state index in [1.165, 1.54) is 36.5 Å². The van der Waals surface area contributed by atoms with Gasteiger partial charge in [-0.25, -0.2) is 0 Å². The molecular weight excluding hydrogens is 184 g/mol. The van der Waals surface area contributed by atoms with Gasteiger partial charge in [-0.15, -0.1) is 0 Å². The first-order chi connectivity index (χ1) is 5.88. The molecule has 1 rings (SSSR count). The smallest absolute Gasteiger partial charge is 0.00909 e. The molecule has 1 saturated heterocycles. The summed E-state index contributed by atoms with van der Waals surface area (Å²) in [7, 11) is 0. The lowest BCUT2D eigenvalue weighted by atomic mass is 9.99. The normalized spacial score (nSPS) is 30.5. The van der Waals surface area contributed by atoms with Crippen LogP contribution < -0.4 is 0 Å². The maximum absolute atomic E-state index is 2.31. The van der Waals surface area contributed by atoms with Crippen LogP contribution >= 0.6 is 23.5 Å². The molecule has 0 aromatic carbocycles. The van der Waals surface area contributed by atoms with E-state index in [0.717, 1.165) is 11.2 Å². The lowest BCUT2D eigenvalue weighted by molar-refractivity contribution is 0.493. The standard InChI is InChI=1S/C10H20S2/c1-3-5-9-8-11-7-6-10(9)12-4-2/h9-10H,3-8H2,1-2H3. The lowest BCUT2D eigenvalue weighted by Crippen LogP contribution is -2.25. The molecule has 0 spiro atoms. The van der Waals surface area contributed by atoms with Crippen molar-refractivity contribution in [2.45, 2.75) is 38.4 Å². The van der Waals surface area contributed by atoms with E-state index in [4.69, 9.17) is 0 Å². The molecule has 1 aliphatic rings. The van der Waals surface area contributed by atoms with Crippen molar-refractivity contribution in [2.24, 2.45) is 5.92 Å². The van der Waals surface area contributed by atoms with Gasteiger partial charge >= 0.3 is 0 Å². The first kappa shape index (κ1) is 10.8. The summed E-state index contributed by atoms with van der Waals surface area (Å²) < 4.78 is 0. The molecule has 0 aromatic heterocycles. The van der Waals surface area contributed by atoms with Crippen LogP contribution in [0.4, 0.5) is 0 Å². The van der Waals surface area contributed by atoms with Crippen molar-refractivity contribution in [3.63, 3.8) is 0 Å². The van der Waals surface area contributed by atoms with Gasteiger partial charge in [0, 0.05) is 5.25 Å².